The molecule has 3 rings (SSSR count). The molecule has 0 saturated heterocycles. The molecule has 3 fully saturated rings. The Morgan fingerprint density at radius 1 is 1.33 bits per heavy atom. The highest BCUT2D eigenvalue weighted by Gasteiger charge is 2.51. The first-order valence-electron chi connectivity index (χ1n) is 14.3. The standard InChI is InChI=1S/C26H42O4/c1-17-20(15-21(27)16-24(17)28)9-8-19-7-6-12-26(5)22(10-11-23(19)26)18(2)30-14-13-25(3,4)29/h8-9,18,21-24,27-29H,1,6-7,10-16H2,2-5H3/b19-8+,20-9-/t18-,21+,22+,23-,24-,26+/m0/s1/i3D3,4D3. The van der Waals surface area contributed by atoms with E-state index in [9.17, 15) is 15.3 Å². The molecule has 0 radical (unpaired) electrons. The van der Waals surface area contributed by atoms with Crippen LogP contribution in [0, 0.1) is 17.3 Å². The number of aliphatic hydroxyl groups excluding tert-OH is 2. The van der Waals surface area contributed by atoms with E-state index in [4.69, 9.17) is 13.0 Å². The van der Waals surface area contributed by atoms with Crippen molar-refractivity contribution in [3.63, 3.8) is 0 Å². The predicted molar refractivity (Wildman–Crippen MR) is 121 cm³/mol. The van der Waals surface area contributed by atoms with E-state index in [1.54, 1.807) is 0 Å². The van der Waals surface area contributed by atoms with Crippen LogP contribution in [0.15, 0.2) is 35.5 Å². The van der Waals surface area contributed by atoms with E-state index in [0.29, 0.717) is 24.3 Å². The highest BCUT2D eigenvalue weighted by molar-refractivity contribution is 5.38. The highest BCUT2D eigenvalue weighted by atomic mass is 16.5. The number of ether oxygens (including phenoxy) is 1. The van der Waals surface area contributed by atoms with Gasteiger partial charge in [0.05, 0.1) is 23.9 Å². The van der Waals surface area contributed by atoms with E-state index in [2.05, 4.69) is 19.6 Å². The van der Waals surface area contributed by atoms with Crippen LogP contribution < -0.4 is 0 Å². The summed E-state index contributed by atoms with van der Waals surface area (Å²) in [5.41, 5.74) is 0.113. The molecule has 3 N–H and O–H groups in total. The third-order valence-corrected chi connectivity index (χ3v) is 7.71. The number of aliphatic hydroxyl groups is 3. The quantitative estimate of drug-likeness (QED) is 0.578. The van der Waals surface area contributed by atoms with Crippen molar-refractivity contribution in [3.8, 4) is 0 Å². The average Bonchev–Trinajstić information content (AvgIpc) is 3.11. The molecule has 6 atom stereocenters. The number of allylic oxidation sites excluding steroid dienone is 3. The SMILES string of the molecule is [2H]C([2H])([2H])C(O)(CCO[C@@H](C)[C@H]1CC[C@H]2/C(=C/C=C3/C[C@@H](O)C[C@H](O)C3=C)CCC[C@]12C)C([2H])([2H])[2H]. The molecule has 0 bridgehead atoms. The third-order valence-electron chi connectivity index (χ3n) is 7.71. The fourth-order valence-corrected chi connectivity index (χ4v) is 6.02. The van der Waals surface area contributed by atoms with E-state index in [0.717, 1.165) is 37.7 Å². The number of hydrogen-bond donors (Lipinski definition) is 3. The Bertz CT molecular complexity index is 863. The van der Waals surface area contributed by atoms with Gasteiger partial charge in [-0.05, 0) is 94.0 Å². The molecule has 0 spiro atoms. The Kier molecular flexibility index (Phi) is 5.15. The average molecular weight is 425 g/mol. The zero-order valence-corrected chi connectivity index (χ0v) is 18.4. The number of rotatable bonds is 6. The van der Waals surface area contributed by atoms with Gasteiger partial charge in [-0.15, -0.1) is 0 Å². The van der Waals surface area contributed by atoms with Gasteiger partial charge in [0.2, 0.25) is 0 Å². The summed E-state index contributed by atoms with van der Waals surface area (Å²) < 4.78 is 51.2. The maximum atomic E-state index is 10.5. The van der Waals surface area contributed by atoms with Gasteiger partial charge >= 0.3 is 0 Å². The van der Waals surface area contributed by atoms with E-state index in [-0.39, 0.29) is 24.0 Å². The smallest absolute Gasteiger partial charge is 0.0811 e. The monoisotopic (exact) mass is 424 g/mol. The summed E-state index contributed by atoms with van der Waals surface area (Å²) in [4.78, 5) is 0. The Labute approximate surface area is 191 Å². The molecular formula is C26H42O4. The fraction of sp³-hybridized carbons (Fsp3) is 0.769. The van der Waals surface area contributed by atoms with E-state index in [1.165, 1.54) is 5.57 Å². The molecule has 0 aromatic carbocycles. The van der Waals surface area contributed by atoms with Crippen LogP contribution in [-0.2, 0) is 4.74 Å². The zero-order valence-electron chi connectivity index (χ0n) is 24.4. The van der Waals surface area contributed by atoms with Crippen LogP contribution in [-0.4, -0.2) is 45.8 Å². The summed E-state index contributed by atoms with van der Waals surface area (Å²) >= 11 is 0. The molecule has 3 aliphatic rings. The van der Waals surface area contributed by atoms with Gasteiger partial charge in [-0.2, -0.15) is 0 Å². The van der Waals surface area contributed by atoms with Gasteiger partial charge in [0.1, 0.15) is 0 Å². The van der Waals surface area contributed by atoms with Crippen molar-refractivity contribution in [2.45, 2.75) is 103 Å². The first kappa shape index (κ1) is 16.7. The molecule has 3 saturated carbocycles. The van der Waals surface area contributed by atoms with Crippen LogP contribution in [0.3, 0.4) is 0 Å². The molecule has 0 aromatic rings. The van der Waals surface area contributed by atoms with Gasteiger partial charge in [-0.25, -0.2) is 0 Å². The van der Waals surface area contributed by atoms with Crippen molar-refractivity contribution >= 4 is 0 Å². The van der Waals surface area contributed by atoms with Crippen LogP contribution in [0.4, 0.5) is 0 Å². The van der Waals surface area contributed by atoms with Crippen LogP contribution in [0.25, 0.3) is 0 Å². The topological polar surface area (TPSA) is 69.9 Å². The molecule has 0 unspecified atom stereocenters. The lowest BCUT2D eigenvalue weighted by molar-refractivity contribution is -0.0454. The van der Waals surface area contributed by atoms with Crippen LogP contribution in [0.5, 0.6) is 0 Å². The van der Waals surface area contributed by atoms with Crippen molar-refractivity contribution < 1.29 is 28.3 Å². The second-order valence-corrected chi connectivity index (χ2v) is 9.85. The lowest BCUT2D eigenvalue weighted by Crippen LogP contribution is -2.39. The highest BCUT2D eigenvalue weighted by Crippen LogP contribution is 2.58. The molecule has 4 nitrogen and oxygen atoms in total. The summed E-state index contributed by atoms with van der Waals surface area (Å²) in [6.07, 6.45) is 8.03. The van der Waals surface area contributed by atoms with E-state index >= 15 is 0 Å². The summed E-state index contributed by atoms with van der Waals surface area (Å²) in [5.74, 6) is 0.591. The lowest BCUT2D eigenvalue weighted by atomic mass is 9.62. The predicted octanol–water partition coefficient (Wildman–Crippen LogP) is 4.69. The maximum absolute atomic E-state index is 10.5. The van der Waals surface area contributed by atoms with Crippen LogP contribution in [0.1, 0.15) is 87.1 Å². The summed E-state index contributed by atoms with van der Waals surface area (Å²) in [6.45, 7) is 2.02. The largest absolute Gasteiger partial charge is 0.393 e. The van der Waals surface area contributed by atoms with E-state index in [1.807, 2.05) is 13.0 Å². The molecule has 0 aliphatic heterocycles. The van der Waals surface area contributed by atoms with Crippen molar-refractivity contribution in [2.75, 3.05) is 6.61 Å². The number of fused-ring (bicyclic) bond motifs is 1. The lowest BCUT2D eigenvalue weighted by Gasteiger charge is -2.44. The van der Waals surface area contributed by atoms with Gasteiger partial charge in [0.15, 0.2) is 0 Å². The van der Waals surface area contributed by atoms with Crippen molar-refractivity contribution in [1.82, 2.24) is 0 Å². The van der Waals surface area contributed by atoms with Crippen LogP contribution >= 0.6 is 0 Å². The summed E-state index contributed by atoms with van der Waals surface area (Å²) in [5, 5.41) is 30.7. The number of hydrogen-bond acceptors (Lipinski definition) is 4. The maximum Gasteiger partial charge on any atom is 0.0811 e. The zero-order chi connectivity index (χ0) is 27.1. The second kappa shape index (κ2) is 9.28. The van der Waals surface area contributed by atoms with E-state index < -0.39 is 37.9 Å². The van der Waals surface area contributed by atoms with Gasteiger partial charge in [-0.3, -0.25) is 0 Å². The van der Waals surface area contributed by atoms with Crippen molar-refractivity contribution in [2.24, 2.45) is 17.3 Å². The third kappa shape index (κ3) is 5.27. The molecule has 4 heteroatoms. The van der Waals surface area contributed by atoms with Crippen molar-refractivity contribution in [3.05, 3.63) is 35.5 Å². The van der Waals surface area contributed by atoms with Gasteiger partial charge in [-0.1, -0.05) is 31.2 Å². The molecule has 3 aliphatic carbocycles. The van der Waals surface area contributed by atoms with Gasteiger partial charge in [0.25, 0.3) is 0 Å². The van der Waals surface area contributed by atoms with Crippen molar-refractivity contribution in [1.29, 1.82) is 0 Å². The minimum atomic E-state index is -3.04. The van der Waals surface area contributed by atoms with Gasteiger partial charge in [0, 0.05) is 21.3 Å². The Morgan fingerprint density at radius 2 is 2.10 bits per heavy atom. The molecule has 170 valence electrons. The normalized spacial score (nSPS) is 42.6. The minimum Gasteiger partial charge on any atom is -0.393 e. The Morgan fingerprint density at radius 3 is 2.83 bits per heavy atom. The fourth-order valence-electron chi connectivity index (χ4n) is 6.02. The Hall–Kier alpha value is -0.940. The Balaban J connectivity index is 1.69. The first-order valence-corrected chi connectivity index (χ1v) is 11.3. The molecular weight excluding hydrogens is 376 g/mol. The summed E-state index contributed by atoms with van der Waals surface area (Å²) in [6, 6.07) is 0. The molecule has 0 amide bonds. The molecule has 30 heavy (non-hydrogen) atoms. The molecule has 0 heterocycles. The summed E-state index contributed by atoms with van der Waals surface area (Å²) in [7, 11) is 0. The molecule has 0 aromatic heterocycles. The van der Waals surface area contributed by atoms with Gasteiger partial charge < -0.3 is 20.1 Å². The van der Waals surface area contributed by atoms with Crippen LogP contribution in [0.2, 0.25) is 0 Å². The first-order chi connectivity index (χ1) is 16.5. The minimum absolute atomic E-state index is 0.00499. The second-order valence-electron chi connectivity index (χ2n) is 9.85.